The van der Waals surface area contributed by atoms with Gasteiger partial charge in [0.15, 0.2) is 0 Å². The summed E-state index contributed by atoms with van der Waals surface area (Å²) in [5, 5.41) is 0.427. The first-order valence-corrected chi connectivity index (χ1v) is 8.98. The van der Waals surface area contributed by atoms with Gasteiger partial charge in [-0.2, -0.15) is 0 Å². The molecular weight excluding hydrogens is 370 g/mol. The van der Waals surface area contributed by atoms with Crippen LogP contribution in [0.4, 0.5) is 5.69 Å². The van der Waals surface area contributed by atoms with Gasteiger partial charge in [-0.15, -0.1) is 11.3 Å². The van der Waals surface area contributed by atoms with Gasteiger partial charge in [0.25, 0.3) is 10.0 Å². The Bertz CT molecular complexity index is 722. The van der Waals surface area contributed by atoms with E-state index in [0.29, 0.717) is 15.4 Å². The molecule has 7 heteroatoms. The molecule has 19 heavy (non-hydrogen) atoms. The summed E-state index contributed by atoms with van der Waals surface area (Å²) in [6.45, 7) is 0.481. The van der Waals surface area contributed by atoms with Crippen molar-refractivity contribution in [1.29, 1.82) is 0 Å². The maximum atomic E-state index is 12.6. The monoisotopic (exact) mass is 377 g/mol. The van der Waals surface area contributed by atoms with Crippen molar-refractivity contribution < 1.29 is 8.42 Å². The molecule has 0 saturated heterocycles. The van der Waals surface area contributed by atoms with Gasteiger partial charge < -0.3 is 0 Å². The van der Waals surface area contributed by atoms with Crippen molar-refractivity contribution in [2.75, 3.05) is 10.8 Å². The van der Waals surface area contributed by atoms with Crippen LogP contribution in [-0.4, -0.2) is 15.0 Å². The lowest BCUT2D eigenvalue weighted by atomic mass is 10.2. The Morgan fingerprint density at radius 3 is 2.74 bits per heavy atom. The van der Waals surface area contributed by atoms with Crippen molar-refractivity contribution in [3.63, 3.8) is 0 Å². The van der Waals surface area contributed by atoms with E-state index in [9.17, 15) is 8.42 Å². The molecule has 0 radical (unpaired) electrons. The smallest absolute Gasteiger partial charge is 0.265 e. The molecule has 0 N–H and O–H groups in total. The van der Waals surface area contributed by atoms with Gasteiger partial charge in [0.05, 0.1) is 14.5 Å². The SMILES string of the molecule is O=S(=O)(c1cc(Cl)c(Br)s1)N1CCc2ccccc21. The predicted molar refractivity (Wildman–Crippen MR) is 81.7 cm³/mol. The van der Waals surface area contributed by atoms with E-state index in [1.165, 1.54) is 10.4 Å². The number of halogens is 2. The van der Waals surface area contributed by atoms with Crippen molar-refractivity contribution in [3.05, 3.63) is 44.7 Å². The highest BCUT2D eigenvalue weighted by Crippen LogP contribution is 2.39. The van der Waals surface area contributed by atoms with Crippen LogP contribution >= 0.6 is 38.9 Å². The van der Waals surface area contributed by atoms with Gasteiger partial charge in [0.2, 0.25) is 0 Å². The van der Waals surface area contributed by atoms with Crippen LogP contribution < -0.4 is 4.31 Å². The number of para-hydroxylation sites is 1. The van der Waals surface area contributed by atoms with Crippen LogP contribution in [-0.2, 0) is 16.4 Å². The fourth-order valence-electron chi connectivity index (χ4n) is 2.12. The highest BCUT2D eigenvalue weighted by atomic mass is 79.9. The number of hydrogen-bond acceptors (Lipinski definition) is 3. The third-order valence-electron chi connectivity index (χ3n) is 3.01. The van der Waals surface area contributed by atoms with E-state index < -0.39 is 10.0 Å². The average Bonchev–Trinajstić information content (AvgIpc) is 2.94. The lowest BCUT2D eigenvalue weighted by Gasteiger charge is -2.18. The molecule has 2 heterocycles. The zero-order chi connectivity index (χ0) is 13.6. The van der Waals surface area contributed by atoms with Crippen molar-refractivity contribution >= 4 is 54.6 Å². The Kier molecular flexibility index (Phi) is 3.37. The molecule has 100 valence electrons. The molecule has 0 bridgehead atoms. The van der Waals surface area contributed by atoms with Crippen LogP contribution in [0.25, 0.3) is 0 Å². The molecule has 0 aliphatic carbocycles. The van der Waals surface area contributed by atoms with Crippen LogP contribution in [0.2, 0.25) is 5.02 Å². The maximum absolute atomic E-state index is 12.6. The highest BCUT2D eigenvalue weighted by molar-refractivity contribution is 9.11. The second-order valence-corrected chi connectivity index (χ2v) is 9.01. The van der Waals surface area contributed by atoms with Gasteiger partial charge in [-0.1, -0.05) is 29.8 Å². The normalized spacial score (nSPS) is 14.7. The second kappa shape index (κ2) is 4.77. The van der Waals surface area contributed by atoms with E-state index in [1.807, 2.05) is 24.3 Å². The minimum Gasteiger partial charge on any atom is -0.265 e. The number of hydrogen-bond donors (Lipinski definition) is 0. The summed E-state index contributed by atoms with van der Waals surface area (Å²) in [6, 6.07) is 9.07. The first-order valence-electron chi connectivity index (χ1n) is 5.55. The summed E-state index contributed by atoms with van der Waals surface area (Å²) >= 11 is 10.3. The van der Waals surface area contributed by atoms with Crippen molar-refractivity contribution in [1.82, 2.24) is 0 Å². The van der Waals surface area contributed by atoms with Crippen LogP contribution in [0.3, 0.4) is 0 Å². The minimum absolute atomic E-state index is 0.265. The van der Waals surface area contributed by atoms with Gasteiger partial charge in [-0.25, -0.2) is 8.42 Å². The minimum atomic E-state index is -3.52. The van der Waals surface area contributed by atoms with Crippen molar-refractivity contribution in [2.24, 2.45) is 0 Å². The summed E-state index contributed by atoms with van der Waals surface area (Å²) < 4.78 is 27.6. The van der Waals surface area contributed by atoms with E-state index in [1.54, 1.807) is 0 Å². The molecule has 1 aromatic carbocycles. The number of fused-ring (bicyclic) bond motifs is 1. The molecule has 0 saturated carbocycles. The number of nitrogens with zero attached hydrogens (tertiary/aromatic N) is 1. The standard InChI is InChI=1S/C12H9BrClNO2S2/c13-12-9(14)7-11(18-12)19(16,17)15-6-5-8-3-1-2-4-10(8)15/h1-4,7H,5-6H2. The molecule has 0 fully saturated rings. The number of benzene rings is 1. The molecule has 3 nitrogen and oxygen atoms in total. The number of thiophene rings is 1. The third-order valence-corrected chi connectivity index (χ3v) is 7.75. The molecular formula is C12H9BrClNO2S2. The van der Waals surface area contributed by atoms with E-state index in [4.69, 9.17) is 11.6 Å². The highest BCUT2D eigenvalue weighted by Gasteiger charge is 2.32. The van der Waals surface area contributed by atoms with Gasteiger partial charge in [0, 0.05) is 6.54 Å². The van der Waals surface area contributed by atoms with E-state index in [-0.39, 0.29) is 4.21 Å². The Labute approximate surface area is 129 Å². The molecule has 0 amide bonds. The van der Waals surface area contributed by atoms with Crippen LogP contribution in [0.5, 0.6) is 0 Å². The van der Waals surface area contributed by atoms with Gasteiger partial charge >= 0.3 is 0 Å². The summed E-state index contributed by atoms with van der Waals surface area (Å²) in [5.41, 5.74) is 1.83. The number of anilines is 1. The third kappa shape index (κ3) is 2.20. The van der Waals surface area contributed by atoms with E-state index >= 15 is 0 Å². The molecule has 2 aromatic rings. The van der Waals surface area contributed by atoms with Gasteiger partial charge in [-0.3, -0.25) is 4.31 Å². The lowest BCUT2D eigenvalue weighted by Crippen LogP contribution is -2.28. The fourth-order valence-corrected chi connectivity index (χ4v) is 6.14. The van der Waals surface area contributed by atoms with Crippen LogP contribution in [0.1, 0.15) is 5.56 Å². The van der Waals surface area contributed by atoms with Crippen LogP contribution in [0.15, 0.2) is 38.3 Å². The van der Waals surface area contributed by atoms with Crippen molar-refractivity contribution in [3.8, 4) is 0 Å². The van der Waals surface area contributed by atoms with Crippen LogP contribution in [0, 0.1) is 0 Å². The number of sulfonamides is 1. The summed E-state index contributed by atoms with van der Waals surface area (Å²) in [4.78, 5) is 0. The zero-order valence-corrected chi connectivity index (χ0v) is 13.6. The zero-order valence-electron chi connectivity index (χ0n) is 9.64. The lowest BCUT2D eigenvalue weighted by molar-refractivity contribution is 0.594. The molecule has 1 aliphatic rings. The second-order valence-electron chi connectivity index (χ2n) is 4.14. The van der Waals surface area contributed by atoms with Gasteiger partial charge in [0.1, 0.15) is 4.21 Å². The Morgan fingerprint density at radius 1 is 1.32 bits per heavy atom. The topological polar surface area (TPSA) is 37.4 Å². The summed E-state index contributed by atoms with van der Waals surface area (Å²) in [7, 11) is -3.52. The maximum Gasteiger partial charge on any atom is 0.273 e. The van der Waals surface area contributed by atoms with E-state index in [0.717, 1.165) is 29.0 Å². The Morgan fingerprint density at radius 2 is 2.05 bits per heavy atom. The fraction of sp³-hybridized carbons (Fsp3) is 0.167. The summed E-state index contributed by atoms with van der Waals surface area (Å²) in [6.07, 6.45) is 0.746. The Balaban J connectivity index is 2.08. The molecule has 3 rings (SSSR count). The molecule has 1 aliphatic heterocycles. The number of rotatable bonds is 2. The largest absolute Gasteiger partial charge is 0.273 e. The first kappa shape index (κ1) is 13.4. The quantitative estimate of drug-likeness (QED) is 0.794. The van der Waals surface area contributed by atoms with E-state index in [2.05, 4.69) is 15.9 Å². The molecule has 0 atom stereocenters. The molecule has 0 spiro atoms. The van der Waals surface area contributed by atoms with Crippen molar-refractivity contribution in [2.45, 2.75) is 10.6 Å². The van der Waals surface area contributed by atoms with Gasteiger partial charge in [-0.05, 0) is 40.0 Å². The first-order chi connectivity index (χ1) is 9.00. The molecule has 1 aromatic heterocycles. The average molecular weight is 379 g/mol. The Hall–Kier alpha value is -0.560. The molecule has 0 unspecified atom stereocenters. The predicted octanol–water partition coefficient (Wildman–Crippen LogP) is 3.92. The summed E-state index contributed by atoms with van der Waals surface area (Å²) in [5.74, 6) is 0.